The number of aromatic nitrogens is 3. The van der Waals surface area contributed by atoms with Crippen molar-refractivity contribution in [3.63, 3.8) is 0 Å². The van der Waals surface area contributed by atoms with Crippen molar-refractivity contribution in [1.82, 2.24) is 14.5 Å². The van der Waals surface area contributed by atoms with E-state index in [1.165, 1.54) is 0 Å². The first-order valence-corrected chi connectivity index (χ1v) is 10.9. The molecule has 7 nitrogen and oxygen atoms in total. The normalized spacial score (nSPS) is 12.2. The highest BCUT2D eigenvalue weighted by Crippen LogP contribution is 2.29. The molecule has 0 saturated carbocycles. The lowest BCUT2D eigenvalue weighted by Crippen LogP contribution is -2.14. The fourth-order valence-corrected chi connectivity index (χ4v) is 3.59. The number of methoxy groups -OCH3 is 1. The molecule has 4 rings (SSSR count). The molecule has 4 aromatic rings. The Labute approximate surface area is 187 Å². The maximum atomic E-state index is 13.0. The summed E-state index contributed by atoms with van der Waals surface area (Å²) in [5, 5.41) is 0. The lowest BCUT2D eigenvalue weighted by atomic mass is 10.1. The molecule has 2 aromatic carbocycles. The Morgan fingerprint density at radius 3 is 2.44 bits per heavy atom. The second-order valence-corrected chi connectivity index (χ2v) is 8.01. The highest BCUT2D eigenvalue weighted by Gasteiger charge is 2.25. The molecule has 0 spiro atoms. The fourth-order valence-electron chi connectivity index (χ4n) is 3.59. The average Bonchev–Trinajstić information content (AvgIpc) is 3.09. The van der Waals surface area contributed by atoms with Gasteiger partial charge in [0.1, 0.15) is 22.6 Å². The van der Waals surface area contributed by atoms with Gasteiger partial charge < -0.3 is 19.8 Å². The molecule has 2 heterocycles. The quantitative estimate of drug-likeness (QED) is 0.409. The lowest BCUT2D eigenvalue weighted by Gasteiger charge is -2.10. The van der Waals surface area contributed by atoms with Crippen molar-refractivity contribution in [2.45, 2.75) is 33.2 Å². The molecule has 2 N–H and O–H groups in total. The van der Waals surface area contributed by atoms with Crippen molar-refractivity contribution < 1.29 is 14.3 Å². The van der Waals surface area contributed by atoms with Gasteiger partial charge in [0.2, 0.25) is 0 Å². The Morgan fingerprint density at radius 2 is 1.78 bits per heavy atom. The predicted octanol–water partition coefficient (Wildman–Crippen LogP) is 4.62. The molecule has 32 heavy (non-hydrogen) atoms. The van der Waals surface area contributed by atoms with Crippen molar-refractivity contribution in [2.75, 3.05) is 19.5 Å². The molecule has 166 valence electrons. The van der Waals surface area contributed by atoms with Gasteiger partial charge in [-0.1, -0.05) is 44.5 Å². The number of nitrogen functional groups attached to an aromatic ring is 1. The minimum Gasteiger partial charge on any atom is -0.497 e. The molecule has 0 aliphatic rings. The number of nitrogens with zero attached hydrogens (tertiary/aromatic N) is 3. The molecule has 0 amide bonds. The highest BCUT2D eigenvalue weighted by atomic mass is 16.5. The van der Waals surface area contributed by atoms with Crippen LogP contribution >= 0.6 is 0 Å². The van der Waals surface area contributed by atoms with Crippen LogP contribution in [0.15, 0.2) is 48.5 Å². The second-order valence-electron chi connectivity index (χ2n) is 8.01. The molecule has 0 radical (unpaired) electrons. The number of rotatable bonds is 8. The number of carbonyl (C=O) groups excluding carboxylic acids is 1. The average molecular weight is 433 g/mol. The molecule has 2 aromatic heterocycles. The fraction of sp³-hybridized carbons (Fsp3) is 0.320. The van der Waals surface area contributed by atoms with E-state index in [-0.39, 0.29) is 11.5 Å². The largest absolute Gasteiger partial charge is 0.497 e. The molecule has 1 atom stereocenters. The number of nitrogens with two attached hydrogens (primary N) is 1. The number of anilines is 1. The number of benzene rings is 2. The maximum absolute atomic E-state index is 13.0. The van der Waals surface area contributed by atoms with E-state index in [1.807, 2.05) is 60.0 Å². The number of esters is 1. The van der Waals surface area contributed by atoms with Crippen LogP contribution in [0.2, 0.25) is 0 Å². The van der Waals surface area contributed by atoms with Crippen molar-refractivity contribution in [1.29, 1.82) is 0 Å². The SMILES string of the molecule is CC[C@H](C)COC(=O)c1c(N)n(CCc2ccc(OC)cc2)c2nc3ccccc3nc12. The van der Waals surface area contributed by atoms with E-state index >= 15 is 0 Å². The summed E-state index contributed by atoms with van der Waals surface area (Å²) in [6.45, 7) is 5.01. The zero-order valence-corrected chi connectivity index (χ0v) is 18.7. The van der Waals surface area contributed by atoms with E-state index in [9.17, 15) is 4.79 Å². The molecule has 0 bridgehead atoms. The first kappa shape index (κ1) is 21.6. The third-order valence-corrected chi connectivity index (χ3v) is 5.77. The maximum Gasteiger partial charge on any atom is 0.344 e. The van der Waals surface area contributed by atoms with Gasteiger partial charge in [-0.15, -0.1) is 0 Å². The topological polar surface area (TPSA) is 92.3 Å². The van der Waals surface area contributed by atoms with Crippen LogP contribution in [-0.4, -0.2) is 34.2 Å². The van der Waals surface area contributed by atoms with Crippen LogP contribution in [-0.2, 0) is 17.7 Å². The van der Waals surface area contributed by atoms with Crippen LogP contribution < -0.4 is 10.5 Å². The van der Waals surface area contributed by atoms with Crippen LogP contribution in [0.4, 0.5) is 5.82 Å². The number of aryl methyl sites for hydroxylation is 2. The Morgan fingerprint density at radius 1 is 1.09 bits per heavy atom. The van der Waals surface area contributed by atoms with Crippen LogP contribution in [0.5, 0.6) is 5.75 Å². The van der Waals surface area contributed by atoms with Gasteiger partial charge in [0.05, 0.1) is 24.8 Å². The van der Waals surface area contributed by atoms with Crippen molar-refractivity contribution in [3.8, 4) is 5.75 Å². The van der Waals surface area contributed by atoms with E-state index < -0.39 is 5.97 Å². The first-order chi connectivity index (χ1) is 15.5. The zero-order valence-electron chi connectivity index (χ0n) is 18.7. The molecule has 7 heteroatoms. The van der Waals surface area contributed by atoms with Crippen LogP contribution in [0, 0.1) is 5.92 Å². The number of hydrogen-bond donors (Lipinski definition) is 1. The smallest absolute Gasteiger partial charge is 0.344 e. The van der Waals surface area contributed by atoms with E-state index in [1.54, 1.807) is 7.11 Å². The molecule has 0 fully saturated rings. The summed E-state index contributed by atoms with van der Waals surface area (Å²) in [6, 6.07) is 15.5. The van der Waals surface area contributed by atoms with Gasteiger partial charge in [-0.2, -0.15) is 0 Å². The number of para-hydroxylation sites is 2. The molecule has 0 unspecified atom stereocenters. The van der Waals surface area contributed by atoms with E-state index in [4.69, 9.17) is 25.2 Å². The van der Waals surface area contributed by atoms with Crippen molar-refractivity contribution in [2.24, 2.45) is 5.92 Å². The molecular weight excluding hydrogens is 404 g/mol. The van der Waals surface area contributed by atoms with Gasteiger partial charge in [0, 0.05) is 6.54 Å². The van der Waals surface area contributed by atoms with E-state index in [2.05, 4.69) is 6.92 Å². The minimum atomic E-state index is -0.458. The van der Waals surface area contributed by atoms with Crippen LogP contribution in [0.25, 0.3) is 22.2 Å². The van der Waals surface area contributed by atoms with Gasteiger partial charge in [-0.25, -0.2) is 14.8 Å². The van der Waals surface area contributed by atoms with Crippen LogP contribution in [0.1, 0.15) is 36.2 Å². The summed E-state index contributed by atoms with van der Waals surface area (Å²) in [5.74, 6) is 0.956. The number of fused-ring (bicyclic) bond motifs is 2. The number of ether oxygens (including phenoxy) is 2. The zero-order chi connectivity index (χ0) is 22.7. The Hall–Kier alpha value is -3.61. The van der Waals surface area contributed by atoms with Gasteiger partial charge >= 0.3 is 5.97 Å². The standard InChI is InChI=1S/C25H28N4O3/c1-4-16(2)15-32-25(30)21-22-24(28-20-8-6-5-7-19(20)27-22)29(23(21)26)14-13-17-9-11-18(31-3)12-10-17/h5-12,16H,4,13-15,26H2,1-3H3/t16-/m0/s1. The van der Waals surface area contributed by atoms with Gasteiger partial charge in [0.25, 0.3) is 0 Å². The summed E-state index contributed by atoms with van der Waals surface area (Å²) < 4.78 is 12.7. The lowest BCUT2D eigenvalue weighted by molar-refractivity contribution is 0.0450. The molecule has 0 aliphatic heterocycles. The first-order valence-electron chi connectivity index (χ1n) is 10.9. The summed E-state index contributed by atoms with van der Waals surface area (Å²) in [5.41, 5.74) is 10.4. The van der Waals surface area contributed by atoms with Gasteiger partial charge in [-0.05, 0) is 42.2 Å². The number of carbonyl (C=O) groups is 1. The summed E-state index contributed by atoms with van der Waals surface area (Å²) >= 11 is 0. The molecular formula is C25H28N4O3. The Balaban J connectivity index is 1.74. The predicted molar refractivity (Wildman–Crippen MR) is 126 cm³/mol. The third kappa shape index (κ3) is 4.23. The minimum absolute atomic E-state index is 0.274. The second kappa shape index (κ2) is 9.26. The van der Waals surface area contributed by atoms with Crippen molar-refractivity contribution >= 4 is 34.0 Å². The molecule has 0 saturated heterocycles. The molecule has 0 aliphatic carbocycles. The third-order valence-electron chi connectivity index (χ3n) is 5.77. The van der Waals surface area contributed by atoms with Gasteiger partial charge in [-0.3, -0.25) is 0 Å². The summed E-state index contributed by atoms with van der Waals surface area (Å²) in [6.07, 6.45) is 1.64. The Bertz CT molecular complexity index is 1250. The van der Waals surface area contributed by atoms with E-state index in [0.717, 1.165) is 23.3 Å². The number of hydrogen-bond acceptors (Lipinski definition) is 6. The summed E-state index contributed by atoms with van der Waals surface area (Å²) in [4.78, 5) is 22.5. The van der Waals surface area contributed by atoms with Crippen molar-refractivity contribution in [3.05, 3.63) is 59.7 Å². The highest BCUT2D eigenvalue weighted by molar-refractivity contribution is 6.08. The monoisotopic (exact) mass is 432 g/mol. The van der Waals surface area contributed by atoms with Crippen LogP contribution in [0.3, 0.4) is 0 Å². The van der Waals surface area contributed by atoms with Gasteiger partial charge in [0.15, 0.2) is 5.65 Å². The van der Waals surface area contributed by atoms with E-state index in [0.29, 0.717) is 42.1 Å². The Kier molecular flexibility index (Phi) is 6.25. The summed E-state index contributed by atoms with van der Waals surface area (Å²) in [7, 11) is 1.65.